The van der Waals surface area contributed by atoms with Crippen molar-refractivity contribution in [2.45, 2.75) is 31.4 Å². The molecule has 0 saturated heterocycles. The zero-order valence-electron chi connectivity index (χ0n) is 10.8. The summed E-state index contributed by atoms with van der Waals surface area (Å²) in [4.78, 5) is 30.5. The van der Waals surface area contributed by atoms with Gasteiger partial charge in [-0.25, -0.2) is 9.78 Å². The van der Waals surface area contributed by atoms with Crippen molar-refractivity contribution < 1.29 is 24.5 Å². The molecule has 6 nitrogen and oxygen atoms in total. The molecule has 0 atom stereocenters. The van der Waals surface area contributed by atoms with Crippen molar-refractivity contribution in [3.8, 4) is 0 Å². The minimum atomic E-state index is -0.505. The fourth-order valence-electron chi connectivity index (χ4n) is 1.12. The third-order valence-corrected chi connectivity index (χ3v) is 3.49. The van der Waals surface area contributed by atoms with E-state index in [-0.39, 0.29) is 17.3 Å². The predicted octanol–water partition coefficient (Wildman–Crippen LogP) is 0.491. The molecule has 0 aliphatic carbocycles. The summed E-state index contributed by atoms with van der Waals surface area (Å²) in [6, 6.07) is 0. The number of nitrogens with one attached hydrogen (secondary N) is 1. The molecule has 0 spiro atoms. The zero-order chi connectivity index (χ0) is 13.9. The van der Waals surface area contributed by atoms with E-state index in [1.807, 2.05) is 13.8 Å². The van der Waals surface area contributed by atoms with Gasteiger partial charge in [0, 0.05) is 17.7 Å². The largest absolute Gasteiger partial charge is 0.368 e. The first-order valence-corrected chi connectivity index (χ1v) is 6.70. The summed E-state index contributed by atoms with van der Waals surface area (Å²) in [7, 11) is 0. The van der Waals surface area contributed by atoms with Gasteiger partial charge in [0.1, 0.15) is 6.29 Å². The fraction of sp³-hybridized carbons (Fsp3) is 0.818. The van der Waals surface area contributed by atoms with E-state index in [1.54, 1.807) is 0 Å². The van der Waals surface area contributed by atoms with E-state index < -0.39 is 6.79 Å². The van der Waals surface area contributed by atoms with Crippen LogP contribution < -0.4 is 5.32 Å². The first-order chi connectivity index (χ1) is 8.52. The summed E-state index contributed by atoms with van der Waals surface area (Å²) < 4.78 is -0.0885. The summed E-state index contributed by atoms with van der Waals surface area (Å²) in [6.07, 6.45) is 2.15. The van der Waals surface area contributed by atoms with Gasteiger partial charge in [-0.15, -0.1) is 11.8 Å². The maximum absolute atomic E-state index is 11.4. The monoisotopic (exact) mass is 279 g/mol. The lowest BCUT2D eigenvalue weighted by Crippen LogP contribution is -2.30. The molecular weight excluding hydrogens is 258 g/mol. The van der Waals surface area contributed by atoms with Gasteiger partial charge >= 0.3 is 0 Å². The van der Waals surface area contributed by atoms with Gasteiger partial charge in [0.2, 0.25) is 5.91 Å². The van der Waals surface area contributed by atoms with E-state index >= 15 is 0 Å². The highest BCUT2D eigenvalue weighted by Crippen LogP contribution is 2.28. The number of aldehydes is 1. The highest BCUT2D eigenvalue weighted by molar-refractivity contribution is 8.01. The van der Waals surface area contributed by atoms with Crippen LogP contribution in [0.25, 0.3) is 0 Å². The molecule has 7 heteroatoms. The molecule has 0 aromatic rings. The van der Waals surface area contributed by atoms with Crippen LogP contribution in [-0.2, 0) is 19.4 Å². The number of aliphatic hydroxyl groups excluding tert-OH is 1. The molecule has 0 bridgehead atoms. The summed E-state index contributed by atoms with van der Waals surface area (Å²) in [5, 5.41) is 10.9. The topological polar surface area (TPSA) is 84.9 Å². The maximum atomic E-state index is 11.4. The third kappa shape index (κ3) is 10.5. The molecule has 0 heterocycles. The van der Waals surface area contributed by atoms with Crippen molar-refractivity contribution in [3.05, 3.63) is 0 Å². The summed E-state index contributed by atoms with van der Waals surface area (Å²) in [6.45, 7) is 4.02. The minimum Gasteiger partial charge on any atom is -0.368 e. The molecule has 0 aliphatic heterocycles. The molecule has 2 N–H and O–H groups in total. The van der Waals surface area contributed by atoms with Gasteiger partial charge < -0.3 is 15.2 Å². The van der Waals surface area contributed by atoms with E-state index in [0.29, 0.717) is 18.7 Å². The van der Waals surface area contributed by atoms with Gasteiger partial charge in [-0.1, -0.05) is 13.8 Å². The Labute approximate surface area is 111 Å². The van der Waals surface area contributed by atoms with Gasteiger partial charge in [0.25, 0.3) is 0 Å². The van der Waals surface area contributed by atoms with Gasteiger partial charge in [-0.2, -0.15) is 0 Å². The Kier molecular flexibility index (Phi) is 9.95. The third-order valence-electron chi connectivity index (χ3n) is 2.10. The van der Waals surface area contributed by atoms with Crippen LogP contribution in [0.15, 0.2) is 0 Å². The Morgan fingerprint density at radius 2 is 2.17 bits per heavy atom. The van der Waals surface area contributed by atoms with Crippen LogP contribution in [-0.4, -0.2) is 47.7 Å². The van der Waals surface area contributed by atoms with E-state index in [4.69, 9.17) is 5.11 Å². The second-order valence-corrected chi connectivity index (χ2v) is 5.86. The standard InChI is InChI=1S/C11H21NO5S/c1-11(2,4-3-6-13)18-8-10(15)12-5-7-16-17-9-14/h6,14H,3-5,7-9H2,1-2H3,(H,12,15). The van der Waals surface area contributed by atoms with Crippen LogP contribution in [0.3, 0.4) is 0 Å². The number of thioether (sulfide) groups is 1. The average Bonchev–Trinajstić information content (AvgIpc) is 2.34. The van der Waals surface area contributed by atoms with Crippen LogP contribution in [0, 0.1) is 0 Å². The first kappa shape index (κ1) is 17.4. The lowest BCUT2D eigenvalue weighted by atomic mass is 10.1. The molecule has 106 valence electrons. The maximum Gasteiger partial charge on any atom is 0.230 e. The van der Waals surface area contributed by atoms with Crippen LogP contribution in [0.2, 0.25) is 0 Å². The molecular formula is C11H21NO5S. The van der Waals surface area contributed by atoms with Gasteiger partial charge in [-0.3, -0.25) is 4.79 Å². The minimum absolute atomic E-state index is 0.0885. The van der Waals surface area contributed by atoms with Crippen molar-refractivity contribution in [2.75, 3.05) is 25.7 Å². The quantitative estimate of drug-likeness (QED) is 0.188. The zero-order valence-corrected chi connectivity index (χ0v) is 11.6. The van der Waals surface area contributed by atoms with E-state index in [0.717, 1.165) is 12.7 Å². The van der Waals surface area contributed by atoms with E-state index in [2.05, 4.69) is 15.1 Å². The molecule has 0 radical (unpaired) electrons. The van der Waals surface area contributed by atoms with Crippen LogP contribution in [0.5, 0.6) is 0 Å². The summed E-state index contributed by atoms with van der Waals surface area (Å²) in [5.74, 6) is 0.249. The lowest BCUT2D eigenvalue weighted by molar-refractivity contribution is -0.326. The molecule has 1 amide bonds. The average molecular weight is 279 g/mol. The Bertz CT molecular complexity index is 248. The van der Waals surface area contributed by atoms with E-state index in [1.165, 1.54) is 11.8 Å². The predicted molar refractivity (Wildman–Crippen MR) is 69.0 cm³/mol. The van der Waals surface area contributed by atoms with Crippen molar-refractivity contribution in [1.29, 1.82) is 0 Å². The smallest absolute Gasteiger partial charge is 0.230 e. The second kappa shape index (κ2) is 10.3. The molecule has 0 unspecified atom stereocenters. The number of aliphatic hydroxyl groups is 1. The van der Waals surface area contributed by atoms with Gasteiger partial charge in [0.05, 0.1) is 12.4 Å². The Morgan fingerprint density at radius 1 is 1.44 bits per heavy atom. The number of rotatable bonds is 11. The molecule has 18 heavy (non-hydrogen) atoms. The van der Waals surface area contributed by atoms with E-state index in [9.17, 15) is 9.59 Å². The molecule has 0 aromatic heterocycles. The van der Waals surface area contributed by atoms with Crippen molar-refractivity contribution >= 4 is 24.0 Å². The number of amides is 1. The highest BCUT2D eigenvalue weighted by Gasteiger charge is 2.19. The van der Waals surface area contributed by atoms with Gasteiger partial charge in [0.15, 0.2) is 6.79 Å². The van der Waals surface area contributed by atoms with Crippen LogP contribution in [0.1, 0.15) is 26.7 Å². The van der Waals surface area contributed by atoms with Crippen molar-refractivity contribution in [3.63, 3.8) is 0 Å². The SMILES string of the molecule is CC(C)(CCC=O)SCC(=O)NCCOOCO. The van der Waals surface area contributed by atoms with Crippen LogP contribution >= 0.6 is 11.8 Å². The Morgan fingerprint density at radius 3 is 2.78 bits per heavy atom. The number of carbonyl (C=O) groups excluding carboxylic acids is 2. The number of hydrogen-bond acceptors (Lipinski definition) is 6. The van der Waals surface area contributed by atoms with Crippen molar-refractivity contribution in [2.24, 2.45) is 0 Å². The molecule has 0 aliphatic rings. The summed E-state index contributed by atoms with van der Waals surface area (Å²) >= 11 is 1.51. The Balaban J connectivity index is 3.59. The highest BCUT2D eigenvalue weighted by atomic mass is 32.2. The summed E-state index contributed by atoms with van der Waals surface area (Å²) in [5.41, 5.74) is 0. The van der Waals surface area contributed by atoms with Crippen molar-refractivity contribution in [1.82, 2.24) is 5.32 Å². The number of hydrogen-bond donors (Lipinski definition) is 2. The molecule has 0 rings (SSSR count). The van der Waals surface area contributed by atoms with Crippen LogP contribution in [0.4, 0.5) is 0 Å². The van der Waals surface area contributed by atoms with Gasteiger partial charge in [-0.05, 0) is 6.42 Å². The number of carbonyl (C=O) groups is 2. The normalized spacial score (nSPS) is 11.3. The lowest BCUT2D eigenvalue weighted by Gasteiger charge is -2.22. The molecule has 0 aromatic carbocycles. The molecule has 0 saturated carbocycles. The fourth-order valence-corrected chi connectivity index (χ4v) is 2.01. The second-order valence-electron chi connectivity index (χ2n) is 4.17. The Hall–Kier alpha value is -0.630. The first-order valence-electron chi connectivity index (χ1n) is 5.71. The molecule has 0 fully saturated rings.